The Morgan fingerprint density at radius 2 is 0.759 bits per heavy atom. The van der Waals surface area contributed by atoms with Gasteiger partial charge in [0, 0.05) is 179 Å². The van der Waals surface area contributed by atoms with Crippen LogP contribution in [0.2, 0.25) is 136 Å². The van der Waals surface area contributed by atoms with E-state index in [4.69, 9.17) is 84.4 Å². The van der Waals surface area contributed by atoms with E-state index in [0.717, 1.165) is 64.9 Å². The molecule has 19 nitrogen and oxygen atoms in total. The zero-order chi connectivity index (χ0) is 79.6. The van der Waals surface area contributed by atoms with Crippen molar-refractivity contribution in [2.45, 2.75) is 322 Å². The van der Waals surface area contributed by atoms with Gasteiger partial charge in [0.05, 0.1) is 12.2 Å². The van der Waals surface area contributed by atoms with Gasteiger partial charge in [0.25, 0.3) is 0 Å². The van der Waals surface area contributed by atoms with Crippen LogP contribution in [0, 0.1) is 11.8 Å². The zero-order valence-corrected chi connectivity index (χ0v) is 83.8. The van der Waals surface area contributed by atoms with E-state index in [1.165, 1.54) is 73.7 Å². The number of hydrogen-bond acceptors (Lipinski definition) is 19. The smallest absolute Gasteiger partial charge is 0.371 e. The summed E-state index contributed by atoms with van der Waals surface area (Å²) in [7, 11) is 8.99. The molecule has 0 bridgehead atoms. The Morgan fingerprint density at radius 1 is 0.388 bits per heavy atom. The van der Waals surface area contributed by atoms with E-state index in [0.29, 0.717) is 29.2 Å². The van der Waals surface area contributed by atoms with Crippen LogP contribution < -0.4 is 5.19 Å². The lowest BCUT2D eigenvalue weighted by molar-refractivity contribution is 0.219. The number of epoxide rings is 1. The van der Waals surface area contributed by atoms with Gasteiger partial charge in [-0.15, -0.1) is 6.58 Å². The summed E-state index contributed by atoms with van der Waals surface area (Å²) in [4.78, 5) is 0. The van der Waals surface area contributed by atoms with E-state index in [1.54, 1.807) is 78.2 Å². The lowest BCUT2D eigenvalue weighted by atomic mass is 9.88. The SMILES string of the molecule is C.C.C.C.C.C.C.C.C.C.C.C.C=CC[Si](C[Si](C)(C)OC)(OC)OC.CO[Si](C)(C)C[Si](CCC1CCC2OC2C1)(OC)OC.CO[Si](C)(C)C[Si](OC)(OC)C1=CC=C(C(C)C)CC1.CO[Si](C)(C)C[Si](OC)(OC)C1C=CC=C1.CO[Si](C)(C)C[Si](OC)(OC)C1CCCCC1.CO[Si](C)(C)C[Si](OC)(OC)c1ccccc1. The predicted octanol–water partition coefficient (Wildman–Crippen LogP) is 25.0. The Bertz CT molecular complexity index is 2620. The van der Waals surface area contributed by atoms with Crippen LogP contribution >= 0.6 is 0 Å². The lowest BCUT2D eigenvalue weighted by Gasteiger charge is -2.40. The number of hydrogen-bond donors (Lipinski definition) is 0. The fraction of sp³-hybridized carbons (Fsp3) is 0.812. The van der Waals surface area contributed by atoms with Gasteiger partial charge in [0.1, 0.15) is 0 Å². The molecule has 0 radical (unpaired) electrons. The Labute approximate surface area is 737 Å². The fourth-order valence-corrected chi connectivity index (χ4v) is 67.5. The third-order valence-electron chi connectivity index (χ3n) is 22.2. The van der Waals surface area contributed by atoms with E-state index in [-0.39, 0.29) is 89.1 Å². The molecular weight excluding hydrogens is 1660 g/mol. The molecule has 1 heterocycles. The Morgan fingerprint density at radius 3 is 1.09 bits per heavy atom. The minimum Gasteiger partial charge on any atom is -0.421 e. The highest BCUT2D eigenvalue weighted by Gasteiger charge is 2.53. The summed E-state index contributed by atoms with van der Waals surface area (Å²) < 4.78 is 109. The van der Waals surface area contributed by atoms with Crippen LogP contribution in [0.3, 0.4) is 0 Å². The molecule has 3 fully saturated rings. The molecule has 1 aromatic carbocycles. The first-order valence-corrected chi connectivity index (χ1v) is 69.1. The fourth-order valence-electron chi connectivity index (χ4n) is 14.3. The molecule has 6 rings (SSSR count). The first-order valence-electron chi connectivity index (χ1n) is 37.7. The third-order valence-corrected chi connectivity index (χ3v) is 77.4. The van der Waals surface area contributed by atoms with E-state index in [2.05, 4.69) is 148 Å². The van der Waals surface area contributed by atoms with Crippen molar-refractivity contribution in [1.29, 1.82) is 0 Å². The third kappa shape index (κ3) is 46.8. The molecule has 1 aromatic rings. The molecule has 0 spiro atoms. The highest BCUT2D eigenvalue weighted by molar-refractivity contribution is 6.95. The van der Waals surface area contributed by atoms with Gasteiger partial charge in [-0.25, -0.2) is 0 Å². The molecule has 31 heteroatoms. The second-order valence-electron chi connectivity index (χ2n) is 32.3. The van der Waals surface area contributed by atoms with Crippen molar-refractivity contribution in [2.24, 2.45) is 11.8 Å². The second kappa shape index (κ2) is 67.1. The molecule has 5 aliphatic rings. The summed E-state index contributed by atoms with van der Waals surface area (Å²) in [6.45, 7) is 34.9. The molecule has 1 saturated heterocycles. The van der Waals surface area contributed by atoms with Gasteiger partial charge in [0.2, 0.25) is 0 Å². The highest BCUT2D eigenvalue weighted by Crippen LogP contribution is 2.44. The van der Waals surface area contributed by atoms with Crippen molar-refractivity contribution in [1.82, 2.24) is 0 Å². The molecule has 2 saturated carbocycles. The summed E-state index contributed by atoms with van der Waals surface area (Å²) in [5.41, 5.74) is 8.28. The van der Waals surface area contributed by atoms with Gasteiger partial charge in [-0.1, -0.05) is 201 Å². The standard InChI is InChI=1S/C15H30O3Si2.C14H30O4Si2.C12H28O3Si2.C12H22O3Si2.C11H22O3Si2.C9H22O3Si2.12CH4/c1-13(2)14-8-10-15(11-9-14)20(17-4,18-5)12-19(6,7)16-3;1-15-19(4,5)11-20(16-2,17-3)9-8-12-6-7-13-14(10-12)18-13;2*1-13-16(4,5)11-17(14-2,15-3)12-9-7-6-8-10-12;1-12-15(4,5)10-16(13-2,14-3)11-8-6-7-9-11;1-7-8-14(11-3,12-4)9-13(5,6)10-2;;;;;;;;;;;;/h8,10,13H,9,11-12H2,1-7H3;12-14H,6-11H2,1-5H3;12H,6-11H2,1-5H3;6-10H,11H2,1-5H3;6-9,11H,10H2,1-5H3;7H,1,8-9H2,2-6H3;12*1H4. The summed E-state index contributed by atoms with van der Waals surface area (Å²) in [5, 5.41) is 2.53. The van der Waals surface area contributed by atoms with Crippen LogP contribution in [-0.2, 0) is 84.4 Å². The Hall–Kier alpha value is -0.237. The average molecular weight is 1870 g/mol. The highest BCUT2D eigenvalue weighted by atomic mass is 28.4. The number of allylic oxidation sites excluding steroid dienone is 9. The number of ether oxygens (including phenoxy) is 1. The monoisotopic (exact) mass is 1860 g/mol. The van der Waals surface area contributed by atoms with Crippen molar-refractivity contribution in [3.05, 3.63) is 90.2 Å². The van der Waals surface area contributed by atoms with Gasteiger partial charge in [-0.3, -0.25) is 0 Å². The van der Waals surface area contributed by atoms with Crippen molar-refractivity contribution in [3.63, 3.8) is 0 Å². The van der Waals surface area contributed by atoms with Gasteiger partial charge in [0.15, 0.2) is 49.9 Å². The topological polar surface area (TPSA) is 179 Å². The van der Waals surface area contributed by atoms with E-state index in [9.17, 15) is 0 Å². The molecule has 704 valence electrons. The van der Waals surface area contributed by atoms with Crippen LogP contribution in [0.4, 0.5) is 0 Å². The summed E-state index contributed by atoms with van der Waals surface area (Å²) in [6, 6.07) is 12.1. The van der Waals surface area contributed by atoms with Crippen molar-refractivity contribution in [3.8, 4) is 0 Å². The first-order chi connectivity index (χ1) is 48.7. The minimum absolute atomic E-state index is 0. The molecule has 3 unspecified atom stereocenters. The average Bonchev–Trinajstić information content (AvgIpc) is 1.72. The first kappa shape index (κ1) is 142. The van der Waals surface area contributed by atoms with Gasteiger partial charge in [-0.2, -0.15) is 0 Å². The quantitative estimate of drug-likeness (QED) is 0.0344. The van der Waals surface area contributed by atoms with Gasteiger partial charge < -0.3 is 84.4 Å². The van der Waals surface area contributed by atoms with Crippen LogP contribution in [0.25, 0.3) is 0 Å². The maximum Gasteiger partial charge on any atom is 0.371 e. The van der Waals surface area contributed by atoms with Crippen LogP contribution in [0.15, 0.2) is 90.2 Å². The van der Waals surface area contributed by atoms with Gasteiger partial charge in [-0.05, 0) is 158 Å². The summed E-state index contributed by atoms with van der Waals surface area (Å²) in [6.07, 6.45) is 29.8. The Balaban J connectivity index is -0.000000110. The number of rotatable bonds is 40. The normalized spacial score (nSPS) is 16.9. The molecule has 1 aliphatic heterocycles. The predicted molar refractivity (Wildman–Crippen MR) is 541 cm³/mol. The molecule has 4 aliphatic carbocycles. The summed E-state index contributed by atoms with van der Waals surface area (Å²) >= 11 is 0. The molecule has 116 heavy (non-hydrogen) atoms. The number of benzene rings is 1. The molecule has 0 N–H and O–H groups in total. The molecule has 0 aromatic heterocycles. The number of fused-ring (bicyclic) bond motifs is 1. The van der Waals surface area contributed by atoms with Crippen molar-refractivity contribution in [2.75, 3.05) is 128 Å². The Kier molecular flexibility index (Phi) is 81.9. The maximum atomic E-state index is 5.94. The largest absolute Gasteiger partial charge is 0.421 e. The van der Waals surface area contributed by atoms with Gasteiger partial charge >= 0.3 is 51.4 Å². The minimum atomic E-state index is -2.34. The van der Waals surface area contributed by atoms with E-state index < -0.39 is 101 Å². The van der Waals surface area contributed by atoms with E-state index in [1.807, 2.05) is 74.0 Å². The van der Waals surface area contributed by atoms with Crippen molar-refractivity contribution >= 4 is 106 Å². The van der Waals surface area contributed by atoms with Crippen molar-refractivity contribution < 1.29 is 84.4 Å². The molecular formula is C85H202O19Si12. The molecule has 3 atom stereocenters. The lowest BCUT2D eigenvalue weighted by Crippen LogP contribution is -2.57. The summed E-state index contributed by atoms with van der Waals surface area (Å²) in [5.74, 6) is 1.42. The van der Waals surface area contributed by atoms with E-state index >= 15 is 0 Å². The maximum absolute atomic E-state index is 5.94. The molecule has 0 amide bonds. The van der Waals surface area contributed by atoms with Crippen LogP contribution in [0.1, 0.15) is 174 Å². The van der Waals surface area contributed by atoms with Crippen LogP contribution in [-0.4, -0.2) is 241 Å². The zero-order valence-electron chi connectivity index (χ0n) is 71.8. The second-order valence-corrected chi connectivity index (χ2v) is 82.7. The van der Waals surface area contributed by atoms with Crippen LogP contribution in [0.5, 0.6) is 0 Å².